The molecule has 8 nitrogen and oxygen atoms in total. The van der Waals surface area contributed by atoms with Gasteiger partial charge in [0.15, 0.2) is 0 Å². The van der Waals surface area contributed by atoms with E-state index < -0.39 is 6.09 Å². The van der Waals surface area contributed by atoms with Gasteiger partial charge >= 0.3 is 12.2 Å². The van der Waals surface area contributed by atoms with Crippen molar-refractivity contribution in [3.8, 4) is 0 Å². The molecule has 0 bridgehead atoms. The van der Waals surface area contributed by atoms with Gasteiger partial charge in [-0.05, 0) is 66.2 Å². The van der Waals surface area contributed by atoms with Crippen LogP contribution in [0, 0.1) is 3.57 Å². The van der Waals surface area contributed by atoms with E-state index in [4.69, 9.17) is 5.73 Å². The highest BCUT2D eigenvalue weighted by atomic mass is 127. The molecule has 0 saturated heterocycles. The topological polar surface area (TPSA) is 115 Å². The number of nitrogens with one attached hydrogen (secondary N) is 3. The van der Waals surface area contributed by atoms with Crippen molar-refractivity contribution in [1.82, 2.24) is 10.6 Å². The molecule has 0 aromatic heterocycles. The SMILES string of the molecule is COC(=O)NCCCN.COC(=O)NCCCNc1ccccc1.Ic1ccccc1. The molecule has 0 heterocycles. The first-order valence-electron chi connectivity index (χ1n) is 9.86. The van der Waals surface area contributed by atoms with E-state index in [0.29, 0.717) is 19.6 Å². The number of alkyl carbamates (subject to hydrolysis) is 2. The van der Waals surface area contributed by atoms with Gasteiger partial charge in [0.2, 0.25) is 0 Å². The van der Waals surface area contributed by atoms with Crippen molar-refractivity contribution >= 4 is 40.5 Å². The van der Waals surface area contributed by atoms with E-state index in [1.165, 1.54) is 17.8 Å². The fraction of sp³-hybridized carbons (Fsp3) is 0.364. The number of nitrogens with two attached hydrogens (primary N) is 1. The summed E-state index contributed by atoms with van der Waals surface area (Å²) in [4.78, 5) is 21.0. The van der Waals surface area contributed by atoms with Crippen LogP contribution in [0.2, 0.25) is 0 Å². The summed E-state index contributed by atoms with van der Waals surface area (Å²) in [7, 11) is 2.69. The molecule has 0 atom stereocenters. The Balaban J connectivity index is 0.000000478. The van der Waals surface area contributed by atoms with Crippen LogP contribution in [0.1, 0.15) is 12.8 Å². The lowest BCUT2D eigenvalue weighted by Crippen LogP contribution is -2.25. The highest BCUT2D eigenvalue weighted by Gasteiger charge is 1.96. The van der Waals surface area contributed by atoms with Crippen LogP contribution in [0.25, 0.3) is 0 Å². The van der Waals surface area contributed by atoms with Crippen LogP contribution >= 0.6 is 22.6 Å². The summed E-state index contributed by atoms with van der Waals surface area (Å²) in [6, 6.07) is 20.2. The number of rotatable bonds is 8. The molecule has 0 unspecified atom stereocenters. The average Bonchev–Trinajstić information content (AvgIpc) is 2.80. The predicted molar refractivity (Wildman–Crippen MR) is 133 cm³/mol. The molecule has 2 aromatic rings. The maximum absolute atomic E-state index is 10.7. The van der Waals surface area contributed by atoms with Gasteiger partial charge in [0.25, 0.3) is 0 Å². The van der Waals surface area contributed by atoms with Crippen LogP contribution in [-0.4, -0.2) is 52.6 Å². The van der Waals surface area contributed by atoms with Gasteiger partial charge in [0, 0.05) is 28.9 Å². The fourth-order valence-electron chi connectivity index (χ4n) is 1.92. The molecule has 0 aliphatic heterocycles. The van der Waals surface area contributed by atoms with Crippen molar-refractivity contribution in [2.75, 3.05) is 45.7 Å². The van der Waals surface area contributed by atoms with E-state index in [2.05, 4.69) is 60.1 Å². The number of amides is 2. The summed E-state index contributed by atoms with van der Waals surface area (Å²) in [5.41, 5.74) is 6.26. The zero-order chi connectivity index (χ0) is 23.2. The lowest BCUT2D eigenvalue weighted by atomic mass is 10.3. The molecule has 0 aliphatic carbocycles. The first-order chi connectivity index (χ1) is 15.0. The average molecular weight is 544 g/mol. The highest BCUT2D eigenvalue weighted by Crippen LogP contribution is 2.04. The van der Waals surface area contributed by atoms with Crippen molar-refractivity contribution < 1.29 is 19.1 Å². The quantitative estimate of drug-likeness (QED) is 0.297. The number of carbonyl (C=O) groups excluding carboxylic acids is 2. The molecule has 5 N–H and O–H groups in total. The molecular formula is C22H33IN4O4. The third-order valence-corrected chi connectivity index (χ3v) is 4.20. The molecule has 9 heteroatoms. The molecule has 0 saturated carbocycles. The number of hydrogen-bond acceptors (Lipinski definition) is 6. The number of halogens is 1. The molecule has 0 fully saturated rings. The van der Waals surface area contributed by atoms with E-state index in [9.17, 15) is 9.59 Å². The van der Waals surface area contributed by atoms with Crippen molar-refractivity contribution in [1.29, 1.82) is 0 Å². The van der Waals surface area contributed by atoms with E-state index >= 15 is 0 Å². The molecule has 0 radical (unpaired) electrons. The Labute approximate surface area is 198 Å². The number of anilines is 1. The van der Waals surface area contributed by atoms with Gasteiger partial charge in [-0.1, -0.05) is 36.4 Å². The standard InChI is InChI=1S/C11H16N2O2.C6H5I.C5H12N2O2/c1-15-11(14)13-9-5-8-12-10-6-3-2-4-7-10;7-6-4-2-1-3-5-6;1-9-5(8)7-4-2-3-6/h2-4,6-7,12H,5,8-9H2,1H3,(H,13,14);1-5H;2-4,6H2,1H3,(H,7,8). The number of para-hydroxylation sites is 1. The second-order valence-corrected chi connectivity index (χ2v) is 7.17. The summed E-state index contributed by atoms with van der Waals surface area (Å²) < 4.78 is 10.0. The Kier molecular flexibility index (Phi) is 19.0. The summed E-state index contributed by atoms with van der Waals surface area (Å²) in [5.74, 6) is 0. The molecule has 2 rings (SSSR count). The van der Waals surface area contributed by atoms with Crippen LogP contribution in [0.4, 0.5) is 15.3 Å². The van der Waals surface area contributed by atoms with Crippen molar-refractivity contribution in [3.05, 3.63) is 64.2 Å². The zero-order valence-corrected chi connectivity index (χ0v) is 20.3. The van der Waals surface area contributed by atoms with Gasteiger partial charge < -0.3 is 31.2 Å². The smallest absolute Gasteiger partial charge is 0.406 e. The van der Waals surface area contributed by atoms with E-state index in [1.807, 2.05) is 48.5 Å². The molecule has 2 aromatic carbocycles. The van der Waals surface area contributed by atoms with Gasteiger partial charge in [-0.25, -0.2) is 9.59 Å². The lowest BCUT2D eigenvalue weighted by molar-refractivity contribution is 0.170. The molecule has 0 spiro atoms. The van der Waals surface area contributed by atoms with Crippen LogP contribution < -0.4 is 21.7 Å². The van der Waals surface area contributed by atoms with Gasteiger partial charge in [0.1, 0.15) is 0 Å². The number of methoxy groups -OCH3 is 2. The Hall–Kier alpha value is -2.53. The summed E-state index contributed by atoms with van der Waals surface area (Å²) in [6.07, 6.45) is 0.872. The highest BCUT2D eigenvalue weighted by molar-refractivity contribution is 14.1. The first-order valence-corrected chi connectivity index (χ1v) is 10.9. The van der Waals surface area contributed by atoms with Gasteiger partial charge in [-0.15, -0.1) is 0 Å². The number of hydrogen-bond donors (Lipinski definition) is 4. The first kappa shape index (κ1) is 28.5. The fourth-order valence-corrected chi connectivity index (χ4v) is 2.33. The molecule has 0 aliphatic rings. The van der Waals surface area contributed by atoms with Crippen LogP contribution in [0.15, 0.2) is 60.7 Å². The van der Waals surface area contributed by atoms with Crippen LogP contribution in [0.3, 0.4) is 0 Å². The monoisotopic (exact) mass is 544 g/mol. The second kappa shape index (κ2) is 20.7. The minimum Gasteiger partial charge on any atom is -0.453 e. The molecular weight excluding hydrogens is 511 g/mol. The summed E-state index contributed by atoms with van der Waals surface area (Å²) >= 11 is 2.28. The maximum Gasteiger partial charge on any atom is 0.406 e. The van der Waals surface area contributed by atoms with Gasteiger partial charge in [-0.2, -0.15) is 0 Å². The van der Waals surface area contributed by atoms with Crippen LogP contribution in [0.5, 0.6) is 0 Å². The third-order valence-electron chi connectivity index (χ3n) is 3.48. The number of carbonyl (C=O) groups is 2. The van der Waals surface area contributed by atoms with Crippen molar-refractivity contribution in [3.63, 3.8) is 0 Å². The Morgan fingerprint density at radius 2 is 1.29 bits per heavy atom. The number of benzene rings is 2. The van der Waals surface area contributed by atoms with E-state index in [1.54, 1.807) is 0 Å². The summed E-state index contributed by atoms with van der Waals surface area (Å²) in [5, 5.41) is 8.35. The summed E-state index contributed by atoms with van der Waals surface area (Å²) in [6.45, 7) is 2.62. The Morgan fingerprint density at radius 3 is 1.71 bits per heavy atom. The maximum atomic E-state index is 10.7. The minimum atomic E-state index is -0.400. The molecule has 31 heavy (non-hydrogen) atoms. The van der Waals surface area contributed by atoms with Crippen molar-refractivity contribution in [2.24, 2.45) is 5.73 Å². The predicted octanol–water partition coefficient (Wildman–Crippen LogP) is 3.83. The number of ether oxygens (including phenoxy) is 2. The van der Waals surface area contributed by atoms with Gasteiger partial charge in [0.05, 0.1) is 14.2 Å². The van der Waals surface area contributed by atoms with E-state index in [0.717, 1.165) is 25.1 Å². The largest absolute Gasteiger partial charge is 0.453 e. The molecule has 2 amide bonds. The Morgan fingerprint density at radius 1 is 0.806 bits per heavy atom. The second-order valence-electron chi connectivity index (χ2n) is 5.92. The van der Waals surface area contributed by atoms with Crippen molar-refractivity contribution in [2.45, 2.75) is 12.8 Å². The normalized spacial score (nSPS) is 9.03. The Bertz CT molecular complexity index is 690. The minimum absolute atomic E-state index is 0.380. The lowest BCUT2D eigenvalue weighted by Gasteiger charge is -2.06. The third kappa shape index (κ3) is 19.2. The van der Waals surface area contributed by atoms with E-state index in [-0.39, 0.29) is 6.09 Å². The zero-order valence-electron chi connectivity index (χ0n) is 18.1. The van der Waals surface area contributed by atoms with Crippen LogP contribution in [-0.2, 0) is 9.47 Å². The molecule has 172 valence electrons. The van der Waals surface area contributed by atoms with Gasteiger partial charge in [-0.3, -0.25) is 0 Å².